The minimum Gasteiger partial charge on any atom is -0.493 e. The Kier molecular flexibility index (Phi) is 2.86. The van der Waals surface area contributed by atoms with Gasteiger partial charge in [-0.2, -0.15) is 0 Å². The average molecular weight is 235 g/mol. The number of benzene rings is 1. The van der Waals surface area contributed by atoms with Gasteiger partial charge in [-0.15, -0.1) is 10.2 Å². The van der Waals surface area contributed by atoms with Crippen LogP contribution in [0.25, 0.3) is 11.5 Å². The van der Waals surface area contributed by atoms with E-state index in [2.05, 4.69) is 10.2 Å². The minimum atomic E-state index is 0.362. The summed E-state index contributed by atoms with van der Waals surface area (Å²) in [7, 11) is 3.10. The molecule has 0 radical (unpaired) electrons. The third kappa shape index (κ3) is 2.01. The standard InChI is InChI=1S/C11H13N3O3/c1-6-13-14-11(17-6)7-4-9(15-2)10(16-3)5-8(7)12/h4-5H,12H2,1-3H3. The highest BCUT2D eigenvalue weighted by Crippen LogP contribution is 2.36. The second-order valence-corrected chi connectivity index (χ2v) is 3.42. The number of rotatable bonds is 3. The molecule has 0 amide bonds. The van der Waals surface area contributed by atoms with Gasteiger partial charge in [0.25, 0.3) is 0 Å². The number of anilines is 1. The van der Waals surface area contributed by atoms with Crippen molar-refractivity contribution in [2.45, 2.75) is 6.92 Å². The Bertz CT molecular complexity index is 537. The molecule has 2 aromatic rings. The van der Waals surface area contributed by atoms with Gasteiger partial charge in [0.15, 0.2) is 11.5 Å². The monoisotopic (exact) mass is 235 g/mol. The molecule has 0 fully saturated rings. The molecule has 6 heteroatoms. The van der Waals surface area contributed by atoms with Gasteiger partial charge in [-0.05, 0) is 6.07 Å². The Hall–Kier alpha value is -2.24. The molecule has 17 heavy (non-hydrogen) atoms. The number of ether oxygens (including phenoxy) is 2. The summed E-state index contributed by atoms with van der Waals surface area (Å²) in [5.74, 6) is 1.97. The SMILES string of the molecule is COc1cc(N)c(-c2nnc(C)o2)cc1OC. The van der Waals surface area contributed by atoms with Gasteiger partial charge in [0, 0.05) is 18.7 Å². The van der Waals surface area contributed by atoms with Crippen LogP contribution in [0.4, 0.5) is 5.69 Å². The lowest BCUT2D eigenvalue weighted by molar-refractivity contribution is 0.355. The summed E-state index contributed by atoms with van der Waals surface area (Å²) in [5, 5.41) is 7.67. The quantitative estimate of drug-likeness (QED) is 0.814. The van der Waals surface area contributed by atoms with E-state index in [9.17, 15) is 0 Å². The number of methoxy groups -OCH3 is 2. The third-order valence-electron chi connectivity index (χ3n) is 2.31. The van der Waals surface area contributed by atoms with Crippen molar-refractivity contribution < 1.29 is 13.9 Å². The number of aromatic nitrogens is 2. The fourth-order valence-electron chi connectivity index (χ4n) is 1.49. The molecule has 0 aliphatic carbocycles. The lowest BCUT2D eigenvalue weighted by Gasteiger charge is -2.10. The lowest BCUT2D eigenvalue weighted by Crippen LogP contribution is -1.96. The van der Waals surface area contributed by atoms with Crippen LogP contribution in [-0.4, -0.2) is 24.4 Å². The Labute approximate surface area is 98.4 Å². The molecule has 0 spiro atoms. The fourth-order valence-corrected chi connectivity index (χ4v) is 1.49. The molecular weight excluding hydrogens is 222 g/mol. The van der Waals surface area contributed by atoms with E-state index >= 15 is 0 Å². The largest absolute Gasteiger partial charge is 0.493 e. The van der Waals surface area contributed by atoms with E-state index in [1.807, 2.05) is 0 Å². The fraction of sp³-hybridized carbons (Fsp3) is 0.273. The highest BCUT2D eigenvalue weighted by molar-refractivity contribution is 5.74. The van der Waals surface area contributed by atoms with Gasteiger partial charge in [-0.25, -0.2) is 0 Å². The number of nitrogens with two attached hydrogens (primary N) is 1. The van der Waals surface area contributed by atoms with Crippen LogP contribution < -0.4 is 15.2 Å². The molecule has 6 nitrogen and oxygen atoms in total. The topological polar surface area (TPSA) is 83.4 Å². The molecule has 0 unspecified atom stereocenters. The van der Waals surface area contributed by atoms with Crippen molar-refractivity contribution in [3.63, 3.8) is 0 Å². The molecule has 0 saturated heterocycles. The van der Waals surface area contributed by atoms with Gasteiger partial charge in [0.05, 0.1) is 19.8 Å². The second kappa shape index (κ2) is 4.32. The van der Waals surface area contributed by atoms with Crippen molar-refractivity contribution in [1.82, 2.24) is 10.2 Å². The normalized spacial score (nSPS) is 10.3. The van der Waals surface area contributed by atoms with Crippen LogP contribution in [-0.2, 0) is 0 Å². The summed E-state index contributed by atoms with van der Waals surface area (Å²) in [5.41, 5.74) is 7.02. The number of nitrogens with zero attached hydrogens (tertiary/aromatic N) is 2. The molecule has 1 aromatic heterocycles. The summed E-state index contributed by atoms with van der Waals surface area (Å²) in [4.78, 5) is 0. The Morgan fingerprint density at radius 3 is 2.29 bits per heavy atom. The maximum absolute atomic E-state index is 5.90. The predicted molar refractivity (Wildman–Crippen MR) is 62.0 cm³/mol. The van der Waals surface area contributed by atoms with Gasteiger partial charge in [0.1, 0.15) is 0 Å². The molecule has 2 N–H and O–H groups in total. The van der Waals surface area contributed by atoms with Gasteiger partial charge in [-0.1, -0.05) is 0 Å². The Balaban J connectivity index is 2.55. The molecule has 90 valence electrons. The Morgan fingerprint density at radius 2 is 1.76 bits per heavy atom. The van der Waals surface area contributed by atoms with Crippen LogP contribution in [0.1, 0.15) is 5.89 Å². The molecule has 1 aromatic carbocycles. The average Bonchev–Trinajstić information content (AvgIpc) is 2.75. The zero-order chi connectivity index (χ0) is 12.4. The van der Waals surface area contributed by atoms with Gasteiger partial charge in [0.2, 0.25) is 11.8 Å². The maximum atomic E-state index is 5.90. The summed E-state index contributed by atoms with van der Waals surface area (Å²) >= 11 is 0. The van der Waals surface area contributed by atoms with Crippen LogP contribution in [0.5, 0.6) is 11.5 Å². The minimum absolute atomic E-state index is 0.362. The summed E-state index contributed by atoms with van der Waals surface area (Å²) in [6.07, 6.45) is 0. The maximum Gasteiger partial charge on any atom is 0.249 e. The number of hydrogen-bond donors (Lipinski definition) is 1. The van der Waals surface area contributed by atoms with Crippen LogP contribution >= 0.6 is 0 Å². The number of hydrogen-bond acceptors (Lipinski definition) is 6. The summed E-state index contributed by atoms with van der Waals surface area (Å²) in [6.45, 7) is 1.72. The molecule has 0 bridgehead atoms. The van der Waals surface area contributed by atoms with Crippen molar-refractivity contribution in [2.24, 2.45) is 0 Å². The highest BCUT2D eigenvalue weighted by atomic mass is 16.5. The zero-order valence-electron chi connectivity index (χ0n) is 9.85. The van der Waals surface area contributed by atoms with Crippen LogP contribution in [0.15, 0.2) is 16.5 Å². The second-order valence-electron chi connectivity index (χ2n) is 3.42. The van der Waals surface area contributed by atoms with E-state index in [4.69, 9.17) is 19.6 Å². The smallest absolute Gasteiger partial charge is 0.249 e. The first-order valence-corrected chi connectivity index (χ1v) is 4.97. The van der Waals surface area contributed by atoms with Gasteiger partial charge < -0.3 is 19.6 Å². The van der Waals surface area contributed by atoms with Crippen molar-refractivity contribution in [3.05, 3.63) is 18.0 Å². The van der Waals surface area contributed by atoms with E-state index in [0.29, 0.717) is 34.5 Å². The van der Waals surface area contributed by atoms with Gasteiger partial charge >= 0.3 is 0 Å². The molecule has 0 atom stereocenters. The lowest BCUT2D eigenvalue weighted by atomic mass is 10.1. The van der Waals surface area contributed by atoms with Crippen molar-refractivity contribution in [1.29, 1.82) is 0 Å². The van der Waals surface area contributed by atoms with Crippen LogP contribution in [0.3, 0.4) is 0 Å². The highest BCUT2D eigenvalue weighted by Gasteiger charge is 2.14. The number of nitrogen functional groups attached to an aromatic ring is 1. The third-order valence-corrected chi connectivity index (χ3v) is 2.31. The molecule has 0 aliphatic heterocycles. The Morgan fingerprint density at radius 1 is 1.12 bits per heavy atom. The molecule has 1 heterocycles. The van der Waals surface area contributed by atoms with E-state index in [1.165, 1.54) is 0 Å². The summed E-state index contributed by atoms with van der Waals surface area (Å²) in [6, 6.07) is 3.37. The number of aryl methyl sites for hydroxylation is 1. The van der Waals surface area contributed by atoms with Gasteiger partial charge in [-0.3, -0.25) is 0 Å². The van der Waals surface area contributed by atoms with E-state index < -0.39 is 0 Å². The summed E-state index contributed by atoms with van der Waals surface area (Å²) < 4.78 is 15.7. The predicted octanol–water partition coefficient (Wildman–Crippen LogP) is 1.64. The van der Waals surface area contributed by atoms with E-state index in [0.717, 1.165) is 0 Å². The zero-order valence-corrected chi connectivity index (χ0v) is 9.85. The van der Waals surface area contributed by atoms with E-state index in [1.54, 1.807) is 33.3 Å². The van der Waals surface area contributed by atoms with Crippen LogP contribution in [0.2, 0.25) is 0 Å². The van der Waals surface area contributed by atoms with Crippen LogP contribution in [0, 0.1) is 6.92 Å². The molecule has 2 rings (SSSR count). The molecular formula is C11H13N3O3. The van der Waals surface area contributed by atoms with Crippen molar-refractivity contribution >= 4 is 5.69 Å². The first-order valence-electron chi connectivity index (χ1n) is 4.97. The van der Waals surface area contributed by atoms with Crippen molar-refractivity contribution in [2.75, 3.05) is 20.0 Å². The van der Waals surface area contributed by atoms with E-state index in [-0.39, 0.29) is 0 Å². The first-order chi connectivity index (χ1) is 8.15. The molecule has 0 saturated carbocycles. The first kappa shape index (κ1) is 11.3. The molecule has 0 aliphatic rings. The van der Waals surface area contributed by atoms with Crippen molar-refractivity contribution in [3.8, 4) is 23.0 Å².